The molecule has 4 nitrogen and oxygen atoms in total. The molecule has 0 saturated carbocycles. The van der Waals surface area contributed by atoms with E-state index in [1.807, 2.05) is 25.1 Å². The van der Waals surface area contributed by atoms with Crippen molar-refractivity contribution in [3.63, 3.8) is 0 Å². The smallest absolute Gasteiger partial charge is 0.0599 e. The van der Waals surface area contributed by atoms with E-state index in [0.717, 1.165) is 37.4 Å². The Morgan fingerprint density at radius 2 is 2.05 bits per heavy atom. The molecule has 2 N–H and O–H groups in total. The van der Waals surface area contributed by atoms with Crippen molar-refractivity contribution >= 4 is 11.4 Å². The second kappa shape index (κ2) is 6.46. The first-order valence-corrected chi connectivity index (χ1v) is 7.27. The highest BCUT2D eigenvalue weighted by molar-refractivity contribution is 5.56. The predicted molar refractivity (Wildman–Crippen MR) is 84.8 cm³/mol. The van der Waals surface area contributed by atoms with Gasteiger partial charge in [0.25, 0.3) is 0 Å². The molecule has 0 amide bonds. The Morgan fingerprint density at radius 3 is 2.70 bits per heavy atom. The largest absolute Gasteiger partial charge is 0.399 e. The van der Waals surface area contributed by atoms with Gasteiger partial charge in [-0.3, -0.25) is 4.68 Å². The van der Waals surface area contributed by atoms with Gasteiger partial charge in [-0.1, -0.05) is 13.0 Å². The lowest BCUT2D eigenvalue weighted by molar-refractivity contribution is 0.604. The second-order valence-corrected chi connectivity index (χ2v) is 5.11. The first-order valence-electron chi connectivity index (χ1n) is 7.27. The van der Waals surface area contributed by atoms with Gasteiger partial charge in [0.2, 0.25) is 0 Å². The fraction of sp³-hybridized carbons (Fsp3) is 0.438. The molecular weight excluding hydrogens is 248 g/mol. The van der Waals surface area contributed by atoms with E-state index in [-0.39, 0.29) is 0 Å². The van der Waals surface area contributed by atoms with Gasteiger partial charge in [-0.05, 0) is 44.5 Å². The van der Waals surface area contributed by atoms with E-state index in [1.54, 1.807) is 0 Å². The molecule has 0 atom stereocenters. The summed E-state index contributed by atoms with van der Waals surface area (Å²) in [4.78, 5) is 2.36. The zero-order valence-corrected chi connectivity index (χ0v) is 12.6. The maximum absolute atomic E-state index is 5.90. The number of hydrogen-bond acceptors (Lipinski definition) is 3. The molecular formula is C16H24N4. The van der Waals surface area contributed by atoms with Crippen molar-refractivity contribution in [2.75, 3.05) is 17.2 Å². The van der Waals surface area contributed by atoms with E-state index >= 15 is 0 Å². The van der Waals surface area contributed by atoms with Crippen molar-refractivity contribution in [3.8, 4) is 0 Å². The number of nitrogens with zero attached hydrogens (tertiary/aromatic N) is 3. The Kier molecular flexibility index (Phi) is 4.66. The molecule has 0 unspecified atom stereocenters. The fourth-order valence-electron chi connectivity index (χ4n) is 2.49. The predicted octanol–water partition coefficient (Wildman–Crippen LogP) is 3.21. The maximum Gasteiger partial charge on any atom is 0.0599 e. The van der Waals surface area contributed by atoms with Crippen molar-refractivity contribution in [2.24, 2.45) is 0 Å². The van der Waals surface area contributed by atoms with E-state index in [9.17, 15) is 0 Å². The van der Waals surface area contributed by atoms with E-state index in [1.165, 1.54) is 11.4 Å². The fourth-order valence-corrected chi connectivity index (χ4v) is 2.49. The lowest BCUT2D eigenvalue weighted by atomic mass is 10.2. The van der Waals surface area contributed by atoms with Crippen LogP contribution in [0.1, 0.15) is 31.7 Å². The molecule has 20 heavy (non-hydrogen) atoms. The molecule has 0 aliphatic heterocycles. The molecule has 0 radical (unpaired) electrons. The van der Waals surface area contributed by atoms with Crippen LogP contribution in [0.4, 0.5) is 11.4 Å². The summed E-state index contributed by atoms with van der Waals surface area (Å²) in [6.07, 6.45) is 1.11. The number of anilines is 2. The summed E-state index contributed by atoms with van der Waals surface area (Å²) in [5.41, 5.74) is 10.2. The zero-order valence-electron chi connectivity index (χ0n) is 12.6. The van der Waals surface area contributed by atoms with E-state index in [2.05, 4.69) is 40.7 Å². The van der Waals surface area contributed by atoms with Crippen LogP contribution in [-0.4, -0.2) is 16.3 Å². The number of nitrogen functional groups attached to an aromatic ring is 1. The van der Waals surface area contributed by atoms with Crippen LogP contribution in [0, 0.1) is 6.92 Å². The highest BCUT2D eigenvalue weighted by Crippen LogP contribution is 2.20. The maximum atomic E-state index is 5.90. The summed E-state index contributed by atoms with van der Waals surface area (Å²) in [5, 5.41) is 4.52. The topological polar surface area (TPSA) is 47.1 Å². The molecule has 0 saturated heterocycles. The van der Waals surface area contributed by atoms with Gasteiger partial charge < -0.3 is 10.6 Å². The number of aryl methyl sites for hydroxylation is 2. The third-order valence-corrected chi connectivity index (χ3v) is 3.37. The molecule has 108 valence electrons. The number of hydrogen-bond donors (Lipinski definition) is 1. The van der Waals surface area contributed by atoms with Gasteiger partial charge in [-0.2, -0.15) is 5.10 Å². The summed E-state index contributed by atoms with van der Waals surface area (Å²) in [5.74, 6) is 0. The average Bonchev–Trinajstić information content (AvgIpc) is 2.78. The number of rotatable bonds is 6. The molecule has 4 heteroatoms. The van der Waals surface area contributed by atoms with Crippen molar-refractivity contribution in [2.45, 2.75) is 40.3 Å². The van der Waals surface area contributed by atoms with Gasteiger partial charge in [0.1, 0.15) is 0 Å². The van der Waals surface area contributed by atoms with Crippen LogP contribution in [0.15, 0.2) is 30.3 Å². The van der Waals surface area contributed by atoms with Crippen molar-refractivity contribution < 1.29 is 0 Å². The van der Waals surface area contributed by atoms with Crippen molar-refractivity contribution in [3.05, 3.63) is 41.7 Å². The van der Waals surface area contributed by atoms with Crippen molar-refractivity contribution in [1.29, 1.82) is 0 Å². The number of aromatic nitrogens is 2. The van der Waals surface area contributed by atoms with Crippen LogP contribution in [0.3, 0.4) is 0 Å². The quantitative estimate of drug-likeness (QED) is 0.821. The standard InChI is InChI=1S/C16H24N4/c1-4-9-19(15-8-6-7-14(17)11-15)12-16-10-13(3)18-20(16)5-2/h6-8,10-11H,4-5,9,12,17H2,1-3H3. The summed E-state index contributed by atoms with van der Waals surface area (Å²) >= 11 is 0. The lowest BCUT2D eigenvalue weighted by Gasteiger charge is -2.25. The van der Waals surface area contributed by atoms with Crippen LogP contribution in [0.2, 0.25) is 0 Å². The Hall–Kier alpha value is -1.97. The van der Waals surface area contributed by atoms with Gasteiger partial charge in [0.05, 0.1) is 17.9 Å². The van der Waals surface area contributed by atoms with Gasteiger partial charge in [0.15, 0.2) is 0 Å². The minimum absolute atomic E-state index is 0.809. The number of nitrogens with two attached hydrogens (primary N) is 1. The van der Waals surface area contributed by atoms with Gasteiger partial charge in [-0.15, -0.1) is 0 Å². The normalized spacial score (nSPS) is 10.8. The van der Waals surface area contributed by atoms with Crippen molar-refractivity contribution in [1.82, 2.24) is 9.78 Å². The Balaban J connectivity index is 2.25. The molecule has 0 aliphatic carbocycles. The molecule has 1 aromatic carbocycles. The first kappa shape index (κ1) is 14.4. The molecule has 2 rings (SSSR count). The highest BCUT2D eigenvalue weighted by atomic mass is 15.3. The molecule has 0 fully saturated rings. The Bertz CT molecular complexity index is 559. The summed E-state index contributed by atoms with van der Waals surface area (Å²) in [6, 6.07) is 10.3. The van der Waals surface area contributed by atoms with Crippen LogP contribution in [0.25, 0.3) is 0 Å². The Morgan fingerprint density at radius 1 is 1.25 bits per heavy atom. The third-order valence-electron chi connectivity index (χ3n) is 3.37. The van der Waals surface area contributed by atoms with Crippen LogP contribution in [-0.2, 0) is 13.1 Å². The first-order chi connectivity index (χ1) is 9.63. The summed E-state index contributed by atoms with van der Waals surface area (Å²) in [6.45, 7) is 9.14. The molecule has 1 aromatic heterocycles. The SMILES string of the molecule is CCCN(Cc1cc(C)nn1CC)c1cccc(N)c1. The third kappa shape index (κ3) is 3.32. The van der Waals surface area contributed by atoms with Gasteiger partial charge in [0, 0.05) is 24.5 Å². The number of benzene rings is 1. The molecule has 0 aliphatic rings. The van der Waals surface area contributed by atoms with Gasteiger partial charge in [-0.25, -0.2) is 0 Å². The minimum atomic E-state index is 0.809. The lowest BCUT2D eigenvalue weighted by Crippen LogP contribution is -2.25. The average molecular weight is 272 g/mol. The van der Waals surface area contributed by atoms with E-state index in [0.29, 0.717) is 0 Å². The summed E-state index contributed by atoms with van der Waals surface area (Å²) < 4.78 is 2.07. The Labute approximate surface area is 121 Å². The second-order valence-electron chi connectivity index (χ2n) is 5.11. The van der Waals surface area contributed by atoms with Crippen LogP contribution in [0.5, 0.6) is 0 Å². The molecule has 0 bridgehead atoms. The zero-order chi connectivity index (χ0) is 14.5. The van der Waals surface area contributed by atoms with E-state index in [4.69, 9.17) is 5.73 Å². The van der Waals surface area contributed by atoms with Gasteiger partial charge >= 0.3 is 0 Å². The van der Waals surface area contributed by atoms with Crippen LogP contribution >= 0.6 is 0 Å². The van der Waals surface area contributed by atoms with Crippen LogP contribution < -0.4 is 10.6 Å². The monoisotopic (exact) mass is 272 g/mol. The molecule has 2 aromatic rings. The molecule has 0 spiro atoms. The van der Waals surface area contributed by atoms with E-state index < -0.39 is 0 Å². The minimum Gasteiger partial charge on any atom is -0.399 e. The summed E-state index contributed by atoms with van der Waals surface area (Å²) in [7, 11) is 0. The molecule has 1 heterocycles. The highest BCUT2D eigenvalue weighted by Gasteiger charge is 2.11.